The second kappa shape index (κ2) is 6.08. The smallest absolute Gasteiger partial charge is 0.364 e. The fraction of sp³-hybridized carbons (Fsp3) is 0.450. The lowest BCUT2D eigenvalue weighted by Crippen LogP contribution is -2.21. The van der Waals surface area contributed by atoms with Crippen molar-refractivity contribution in [1.82, 2.24) is 19.7 Å². The van der Waals surface area contributed by atoms with Crippen LogP contribution in [0.2, 0.25) is 0 Å². The molecule has 152 valence electrons. The standard InChI is InChI=1S/C20H21F3N6/c1-11-4-3-5-13-15(11)29(12-6-7-12)28-16(13)25-18-24-10-14(20(21,22)23)17(26-18)27-19(2)8-9-19/h3-5,10,12H,6-9H2,1-2H3,(H2,24,25,26,27,28). The number of nitrogens with one attached hydrogen (secondary N) is 2. The van der Waals surface area contributed by atoms with Gasteiger partial charge in [-0.25, -0.2) is 4.98 Å². The molecule has 0 saturated heterocycles. The van der Waals surface area contributed by atoms with Crippen LogP contribution in [0.3, 0.4) is 0 Å². The summed E-state index contributed by atoms with van der Waals surface area (Å²) in [4.78, 5) is 8.08. The third-order valence-electron chi connectivity index (χ3n) is 5.57. The molecular weight excluding hydrogens is 381 g/mol. The first-order valence-electron chi connectivity index (χ1n) is 9.71. The molecule has 2 aliphatic rings. The zero-order valence-corrected chi connectivity index (χ0v) is 16.1. The minimum absolute atomic E-state index is 0.0913. The average Bonchev–Trinajstić information content (AvgIpc) is 3.56. The Kier molecular flexibility index (Phi) is 3.81. The van der Waals surface area contributed by atoms with Gasteiger partial charge in [0.2, 0.25) is 5.95 Å². The number of rotatable bonds is 5. The predicted octanol–water partition coefficient (Wildman–Crippen LogP) is 5.20. The maximum absolute atomic E-state index is 13.4. The largest absolute Gasteiger partial charge is 0.421 e. The third-order valence-corrected chi connectivity index (χ3v) is 5.57. The quantitative estimate of drug-likeness (QED) is 0.614. The topological polar surface area (TPSA) is 67.7 Å². The van der Waals surface area contributed by atoms with Gasteiger partial charge in [0, 0.05) is 17.1 Å². The minimum Gasteiger partial charge on any atom is -0.364 e. The van der Waals surface area contributed by atoms with Gasteiger partial charge in [-0.2, -0.15) is 23.3 Å². The summed E-state index contributed by atoms with van der Waals surface area (Å²) in [5, 5.41) is 11.6. The number of aryl methyl sites for hydroxylation is 1. The fourth-order valence-corrected chi connectivity index (χ4v) is 3.49. The van der Waals surface area contributed by atoms with E-state index in [4.69, 9.17) is 0 Å². The van der Waals surface area contributed by atoms with Crippen molar-refractivity contribution in [2.24, 2.45) is 0 Å². The molecule has 2 N–H and O–H groups in total. The summed E-state index contributed by atoms with van der Waals surface area (Å²) in [6.45, 7) is 3.91. The average molecular weight is 402 g/mol. The number of aromatic nitrogens is 4. The molecule has 6 nitrogen and oxygen atoms in total. The number of anilines is 3. The molecule has 0 amide bonds. The van der Waals surface area contributed by atoms with Crippen molar-refractivity contribution in [3.8, 4) is 0 Å². The first-order chi connectivity index (χ1) is 13.7. The lowest BCUT2D eigenvalue weighted by Gasteiger charge is -2.18. The Morgan fingerprint density at radius 1 is 1.17 bits per heavy atom. The molecule has 0 atom stereocenters. The molecule has 0 bridgehead atoms. The fourth-order valence-electron chi connectivity index (χ4n) is 3.49. The van der Waals surface area contributed by atoms with E-state index < -0.39 is 11.7 Å². The summed E-state index contributed by atoms with van der Waals surface area (Å²) in [5.41, 5.74) is 0.934. The summed E-state index contributed by atoms with van der Waals surface area (Å²) in [6.07, 6.45) is 0.0831. The lowest BCUT2D eigenvalue weighted by atomic mass is 10.1. The zero-order chi connectivity index (χ0) is 20.4. The molecule has 0 spiro atoms. The Bertz CT molecular complexity index is 1100. The van der Waals surface area contributed by atoms with E-state index in [0.29, 0.717) is 11.9 Å². The lowest BCUT2D eigenvalue weighted by molar-refractivity contribution is -0.137. The van der Waals surface area contributed by atoms with E-state index in [1.165, 1.54) is 0 Å². The van der Waals surface area contributed by atoms with E-state index in [-0.39, 0.29) is 17.3 Å². The molecule has 5 rings (SSSR count). The number of hydrogen-bond acceptors (Lipinski definition) is 5. The van der Waals surface area contributed by atoms with E-state index >= 15 is 0 Å². The highest BCUT2D eigenvalue weighted by molar-refractivity contribution is 5.93. The van der Waals surface area contributed by atoms with Gasteiger partial charge in [-0.15, -0.1) is 0 Å². The van der Waals surface area contributed by atoms with Gasteiger partial charge < -0.3 is 10.6 Å². The van der Waals surface area contributed by atoms with Gasteiger partial charge in [0.05, 0.1) is 11.6 Å². The summed E-state index contributed by atoms with van der Waals surface area (Å²) >= 11 is 0. The van der Waals surface area contributed by atoms with E-state index in [9.17, 15) is 13.2 Å². The highest BCUT2D eigenvalue weighted by Gasteiger charge is 2.42. The van der Waals surface area contributed by atoms with Crippen molar-refractivity contribution in [2.75, 3.05) is 10.6 Å². The SMILES string of the molecule is Cc1cccc2c(Nc3ncc(C(F)(F)F)c(NC4(C)CC4)n3)nn(C3CC3)c12. The van der Waals surface area contributed by atoms with Crippen LogP contribution in [0, 0.1) is 6.92 Å². The molecule has 2 aromatic heterocycles. The normalized spacial score (nSPS) is 18.1. The number of halogens is 3. The summed E-state index contributed by atoms with van der Waals surface area (Å²) in [5.74, 6) is 0.449. The highest BCUT2D eigenvalue weighted by Crippen LogP contribution is 2.42. The van der Waals surface area contributed by atoms with Crippen LogP contribution in [0.25, 0.3) is 10.9 Å². The number of fused-ring (bicyclic) bond motifs is 1. The van der Waals surface area contributed by atoms with Crippen LogP contribution < -0.4 is 10.6 Å². The van der Waals surface area contributed by atoms with Crippen molar-refractivity contribution < 1.29 is 13.2 Å². The van der Waals surface area contributed by atoms with E-state index in [0.717, 1.165) is 48.3 Å². The third kappa shape index (κ3) is 3.38. The van der Waals surface area contributed by atoms with Crippen molar-refractivity contribution in [2.45, 2.75) is 57.3 Å². The molecule has 29 heavy (non-hydrogen) atoms. The van der Waals surface area contributed by atoms with Gasteiger partial charge in [-0.05, 0) is 51.2 Å². The van der Waals surface area contributed by atoms with Gasteiger partial charge >= 0.3 is 6.18 Å². The van der Waals surface area contributed by atoms with Gasteiger partial charge in [0.1, 0.15) is 11.4 Å². The monoisotopic (exact) mass is 402 g/mol. The van der Waals surface area contributed by atoms with Crippen LogP contribution in [0.1, 0.15) is 49.8 Å². The second-order valence-electron chi connectivity index (χ2n) is 8.26. The molecule has 0 aliphatic heterocycles. The first kappa shape index (κ1) is 18.2. The molecule has 2 fully saturated rings. The zero-order valence-electron chi connectivity index (χ0n) is 16.1. The van der Waals surface area contributed by atoms with Crippen LogP contribution in [-0.2, 0) is 6.18 Å². The summed E-state index contributed by atoms with van der Waals surface area (Å²) < 4.78 is 42.2. The molecule has 0 radical (unpaired) electrons. The maximum atomic E-state index is 13.4. The van der Waals surface area contributed by atoms with Gasteiger partial charge in [0.25, 0.3) is 0 Å². The van der Waals surface area contributed by atoms with Gasteiger partial charge in [-0.3, -0.25) is 4.68 Å². The van der Waals surface area contributed by atoms with Crippen LogP contribution in [0.5, 0.6) is 0 Å². The van der Waals surface area contributed by atoms with E-state index in [1.54, 1.807) is 0 Å². The number of para-hydroxylation sites is 1. The molecule has 0 unspecified atom stereocenters. The van der Waals surface area contributed by atoms with Crippen molar-refractivity contribution in [1.29, 1.82) is 0 Å². The second-order valence-corrected chi connectivity index (χ2v) is 8.26. The van der Waals surface area contributed by atoms with Crippen LogP contribution in [0.4, 0.5) is 30.8 Å². The van der Waals surface area contributed by atoms with Crippen LogP contribution in [-0.4, -0.2) is 25.3 Å². The van der Waals surface area contributed by atoms with Crippen LogP contribution >= 0.6 is 0 Å². The molecule has 1 aromatic carbocycles. The number of hydrogen-bond donors (Lipinski definition) is 2. The van der Waals surface area contributed by atoms with Crippen molar-refractivity contribution in [3.63, 3.8) is 0 Å². The van der Waals surface area contributed by atoms with Crippen LogP contribution in [0.15, 0.2) is 24.4 Å². The van der Waals surface area contributed by atoms with Gasteiger partial charge in [-0.1, -0.05) is 12.1 Å². The Balaban J connectivity index is 1.54. The molecule has 3 aromatic rings. The number of alkyl halides is 3. The molecule has 2 saturated carbocycles. The number of benzene rings is 1. The molecular formula is C20H21F3N6. The van der Waals surface area contributed by atoms with Gasteiger partial charge in [0.15, 0.2) is 5.82 Å². The minimum atomic E-state index is -4.52. The summed E-state index contributed by atoms with van der Waals surface area (Å²) in [7, 11) is 0. The Morgan fingerprint density at radius 2 is 1.93 bits per heavy atom. The number of nitrogens with zero attached hydrogens (tertiary/aromatic N) is 4. The first-order valence-corrected chi connectivity index (χ1v) is 9.71. The van der Waals surface area contributed by atoms with Crippen molar-refractivity contribution in [3.05, 3.63) is 35.5 Å². The predicted molar refractivity (Wildman–Crippen MR) is 104 cm³/mol. The molecule has 2 aliphatic carbocycles. The Hall–Kier alpha value is -2.84. The maximum Gasteiger partial charge on any atom is 0.421 e. The molecule has 2 heterocycles. The molecule has 9 heteroatoms. The highest BCUT2D eigenvalue weighted by atomic mass is 19.4. The van der Waals surface area contributed by atoms with E-state index in [1.807, 2.05) is 36.7 Å². The Morgan fingerprint density at radius 3 is 2.59 bits per heavy atom. The van der Waals surface area contributed by atoms with Crippen molar-refractivity contribution >= 4 is 28.5 Å². The summed E-state index contributed by atoms with van der Waals surface area (Å²) in [6, 6.07) is 6.29. The van der Waals surface area contributed by atoms with E-state index in [2.05, 4.69) is 25.7 Å². The Labute approximate surface area is 165 Å².